The molecule has 1 atom stereocenters. The molecule has 1 aromatic carbocycles. The molecule has 1 aliphatic heterocycles. The van der Waals surface area contributed by atoms with Gasteiger partial charge in [0.15, 0.2) is 0 Å². The van der Waals surface area contributed by atoms with Crippen molar-refractivity contribution in [3.05, 3.63) is 40.6 Å². The number of hydrazine groups is 1. The minimum Gasteiger partial charge on any atom is -0.569 e. The van der Waals surface area contributed by atoms with Crippen molar-refractivity contribution in [2.45, 2.75) is 38.8 Å². The second-order valence-corrected chi connectivity index (χ2v) is 6.15. The zero-order valence-electron chi connectivity index (χ0n) is 15.2. The minimum atomic E-state index is -1.04. The number of hydrogen-bond donors (Lipinski definition) is 1. The van der Waals surface area contributed by atoms with Crippen molar-refractivity contribution in [1.82, 2.24) is 9.91 Å². The smallest absolute Gasteiger partial charge is 0.303 e. The molecule has 0 fully saturated rings. The van der Waals surface area contributed by atoms with Crippen molar-refractivity contribution in [3.63, 3.8) is 0 Å². The largest absolute Gasteiger partial charge is 0.569 e. The van der Waals surface area contributed by atoms with Gasteiger partial charge in [0, 0.05) is 6.42 Å². The van der Waals surface area contributed by atoms with E-state index in [2.05, 4.69) is 5.28 Å². The van der Waals surface area contributed by atoms with E-state index in [0.717, 1.165) is 4.90 Å². The van der Waals surface area contributed by atoms with Gasteiger partial charge in [0.25, 0.3) is 11.8 Å². The molecule has 0 saturated heterocycles. The Hall–Kier alpha value is -3.17. The zero-order chi connectivity index (χ0) is 20.0. The number of unbranched alkanes of at least 4 members (excludes halogenated alkanes) is 2. The van der Waals surface area contributed by atoms with Gasteiger partial charge in [0.05, 0.1) is 29.7 Å². The van der Waals surface area contributed by atoms with Crippen molar-refractivity contribution in [2.24, 2.45) is 5.28 Å². The molecule has 1 aliphatic rings. The van der Waals surface area contributed by atoms with Crippen LogP contribution < -0.4 is 0 Å². The lowest BCUT2D eigenvalue weighted by Crippen LogP contribution is -2.39. The monoisotopic (exact) mass is 378 g/mol. The van der Waals surface area contributed by atoms with Crippen LogP contribution in [-0.2, 0) is 9.63 Å². The van der Waals surface area contributed by atoms with E-state index >= 15 is 0 Å². The number of imide groups is 1. The number of fused-ring (bicyclic) bond motifs is 1. The first-order chi connectivity index (χ1) is 12.8. The summed E-state index contributed by atoms with van der Waals surface area (Å²) in [5.74, 6) is -1.84. The number of nitrogens with zero attached hydrogens (tertiary/aromatic N) is 4. The van der Waals surface area contributed by atoms with Crippen molar-refractivity contribution in [2.75, 3.05) is 13.6 Å². The summed E-state index contributed by atoms with van der Waals surface area (Å²) in [6, 6.07) is 6.43. The van der Waals surface area contributed by atoms with E-state index in [1.807, 2.05) is 0 Å². The van der Waals surface area contributed by atoms with Crippen LogP contribution in [0.25, 0.3) is 0 Å². The fourth-order valence-corrected chi connectivity index (χ4v) is 2.64. The van der Waals surface area contributed by atoms with Crippen LogP contribution in [0.2, 0.25) is 0 Å². The second-order valence-electron chi connectivity index (χ2n) is 6.15. The van der Waals surface area contributed by atoms with E-state index in [9.17, 15) is 19.6 Å². The fraction of sp³-hybridized carbons (Fsp3) is 0.471. The molecule has 0 spiro atoms. The van der Waals surface area contributed by atoms with Crippen LogP contribution in [-0.4, -0.2) is 57.6 Å². The van der Waals surface area contributed by atoms with Crippen LogP contribution in [0.5, 0.6) is 0 Å². The molecule has 0 radical (unpaired) electrons. The van der Waals surface area contributed by atoms with Crippen LogP contribution in [0.4, 0.5) is 0 Å². The quantitative estimate of drug-likeness (QED) is 0.217. The maximum absolute atomic E-state index is 12.3. The Morgan fingerprint density at radius 2 is 1.85 bits per heavy atom. The van der Waals surface area contributed by atoms with Gasteiger partial charge in [-0.1, -0.05) is 18.6 Å². The molecule has 0 aromatic heterocycles. The third-order valence-electron chi connectivity index (χ3n) is 4.12. The predicted molar refractivity (Wildman–Crippen MR) is 92.3 cm³/mol. The zero-order valence-corrected chi connectivity index (χ0v) is 15.2. The number of benzene rings is 1. The first-order valence-electron chi connectivity index (χ1n) is 8.56. The Labute approximate surface area is 156 Å². The first-order valence-corrected chi connectivity index (χ1v) is 8.56. The Morgan fingerprint density at radius 1 is 1.26 bits per heavy atom. The molecule has 1 unspecified atom stereocenters. The summed E-state index contributed by atoms with van der Waals surface area (Å²) in [6.45, 7) is 1.81. The van der Waals surface area contributed by atoms with Crippen molar-refractivity contribution >= 4 is 17.8 Å². The van der Waals surface area contributed by atoms with Gasteiger partial charge in [-0.05, 0) is 31.9 Å². The number of rotatable bonds is 10. The van der Waals surface area contributed by atoms with Crippen LogP contribution in [0.1, 0.15) is 53.3 Å². The van der Waals surface area contributed by atoms with Crippen molar-refractivity contribution in [1.29, 1.82) is 0 Å². The Kier molecular flexibility index (Phi) is 6.69. The summed E-state index contributed by atoms with van der Waals surface area (Å²) in [7, 11) is 1.50. The second kappa shape index (κ2) is 8.97. The molecule has 146 valence electrons. The van der Waals surface area contributed by atoms with E-state index in [-0.39, 0.29) is 22.5 Å². The highest BCUT2D eigenvalue weighted by atomic mass is 16.7. The molecule has 27 heavy (non-hydrogen) atoms. The van der Waals surface area contributed by atoms with E-state index in [1.165, 1.54) is 19.0 Å². The summed E-state index contributed by atoms with van der Waals surface area (Å²) in [5.41, 5.74) is 0.575. The van der Waals surface area contributed by atoms with Gasteiger partial charge in [0.2, 0.25) is 11.5 Å². The van der Waals surface area contributed by atoms with E-state index in [1.54, 1.807) is 24.3 Å². The van der Waals surface area contributed by atoms with Gasteiger partial charge in [0.1, 0.15) is 0 Å². The van der Waals surface area contributed by atoms with Crippen LogP contribution >= 0.6 is 0 Å². The summed E-state index contributed by atoms with van der Waals surface area (Å²) in [6.07, 6.45) is 0.864. The lowest BCUT2D eigenvalue weighted by molar-refractivity contribution is -0.707. The summed E-state index contributed by atoms with van der Waals surface area (Å²) < 4.78 is 0. The number of amides is 2. The van der Waals surface area contributed by atoms with E-state index < -0.39 is 24.0 Å². The number of carbonyl (C=O) groups excluding carboxylic acids is 2. The van der Waals surface area contributed by atoms with Crippen molar-refractivity contribution < 1.29 is 29.3 Å². The Morgan fingerprint density at radius 3 is 2.41 bits per heavy atom. The molecule has 0 saturated carbocycles. The number of aliphatic carboxylic acids is 1. The molecule has 1 N–H and O–H groups in total. The van der Waals surface area contributed by atoms with E-state index in [0.29, 0.717) is 25.8 Å². The van der Waals surface area contributed by atoms with Crippen LogP contribution in [0.3, 0.4) is 0 Å². The SMILES string of the molecule is CC(O/N=[N+](\[O-])N(C)CCCCCC(=O)O)N1C(=O)c2ccccc2C1=O. The summed E-state index contributed by atoms with van der Waals surface area (Å²) >= 11 is 0. The molecule has 2 amide bonds. The molecular formula is C17H22N4O6. The number of hydrogen-bond acceptors (Lipinski definition) is 6. The highest BCUT2D eigenvalue weighted by Crippen LogP contribution is 2.24. The maximum atomic E-state index is 12.3. The molecule has 10 nitrogen and oxygen atoms in total. The summed E-state index contributed by atoms with van der Waals surface area (Å²) in [5, 5.41) is 25.1. The van der Waals surface area contributed by atoms with Gasteiger partial charge in [-0.25, -0.2) is 4.90 Å². The molecule has 0 aliphatic carbocycles. The number of carboxylic acid groups (broad SMARTS) is 1. The van der Waals surface area contributed by atoms with Gasteiger partial charge in [-0.3, -0.25) is 14.4 Å². The topological polar surface area (TPSA) is 126 Å². The molecule has 10 heteroatoms. The average molecular weight is 378 g/mol. The third kappa shape index (κ3) is 4.93. The van der Waals surface area contributed by atoms with Crippen LogP contribution in [0, 0.1) is 5.21 Å². The predicted octanol–water partition coefficient (Wildman–Crippen LogP) is 2.01. The maximum Gasteiger partial charge on any atom is 0.303 e. The van der Waals surface area contributed by atoms with Crippen LogP contribution in [0.15, 0.2) is 29.5 Å². The Balaban J connectivity index is 1.85. The molecule has 0 bridgehead atoms. The summed E-state index contributed by atoms with van der Waals surface area (Å²) in [4.78, 5) is 41.2. The van der Waals surface area contributed by atoms with Gasteiger partial charge in [-0.15, -0.1) is 5.01 Å². The molecule has 1 aromatic rings. The lowest BCUT2D eigenvalue weighted by Gasteiger charge is -2.19. The van der Waals surface area contributed by atoms with Gasteiger partial charge < -0.3 is 15.2 Å². The standard InChI is InChI=1S/C17H22N4O6/c1-12(20-16(24)13-8-5-6-9-14(13)17(20)25)27-18-21(26)19(2)11-7-3-4-10-15(22)23/h5-6,8-9,12H,3-4,7,10-11H2,1-2H3,(H,22,23)/b21-18-. The Bertz CT molecular complexity index is 716. The number of carbonyl (C=O) groups is 3. The molecule has 1 heterocycles. The number of carboxylic acids is 1. The normalized spacial score (nSPS) is 14.9. The highest BCUT2D eigenvalue weighted by molar-refractivity contribution is 6.21. The van der Waals surface area contributed by atoms with Crippen molar-refractivity contribution in [3.8, 4) is 0 Å². The lowest BCUT2D eigenvalue weighted by atomic mass is 10.1. The average Bonchev–Trinajstić information content (AvgIpc) is 2.90. The fourth-order valence-electron chi connectivity index (χ4n) is 2.64. The first kappa shape index (κ1) is 20.1. The minimum absolute atomic E-state index is 0.0933. The molecular weight excluding hydrogens is 356 g/mol. The van der Waals surface area contributed by atoms with Gasteiger partial charge >= 0.3 is 5.97 Å². The third-order valence-corrected chi connectivity index (χ3v) is 4.12. The molecule has 2 rings (SSSR count). The van der Waals surface area contributed by atoms with Gasteiger partial charge in [-0.2, -0.15) is 0 Å². The van der Waals surface area contributed by atoms with E-state index in [4.69, 9.17) is 9.94 Å². The highest BCUT2D eigenvalue weighted by Gasteiger charge is 2.39.